The number of nitrogens with zero attached hydrogens (tertiary/aromatic N) is 5. The van der Waals surface area contributed by atoms with Crippen molar-refractivity contribution in [1.82, 2.24) is 25.1 Å². The van der Waals surface area contributed by atoms with Crippen molar-refractivity contribution in [2.75, 3.05) is 26.2 Å². The Morgan fingerprint density at radius 2 is 1.84 bits per heavy atom. The number of hydrogen-bond donors (Lipinski definition) is 0. The van der Waals surface area contributed by atoms with Gasteiger partial charge >= 0.3 is 12.1 Å². The zero-order valence-electron chi connectivity index (χ0n) is 19.6. The van der Waals surface area contributed by atoms with Crippen LogP contribution in [0.3, 0.4) is 0 Å². The molecule has 1 aromatic heterocycles. The van der Waals surface area contributed by atoms with Crippen LogP contribution >= 0.6 is 11.3 Å². The van der Waals surface area contributed by atoms with Crippen molar-refractivity contribution in [2.45, 2.75) is 89.8 Å². The molecule has 0 saturated carbocycles. The summed E-state index contributed by atoms with van der Waals surface area (Å²) >= 11 is 1.62. The average molecular weight is 466 g/mol. The molecule has 3 amide bonds. The van der Waals surface area contributed by atoms with Gasteiger partial charge in [0.05, 0.1) is 18.7 Å². The fourth-order valence-electron chi connectivity index (χ4n) is 4.54. The quantitative estimate of drug-likeness (QED) is 0.581. The van der Waals surface area contributed by atoms with E-state index in [1.165, 1.54) is 0 Å². The van der Waals surface area contributed by atoms with E-state index in [1.807, 2.05) is 25.7 Å². The van der Waals surface area contributed by atoms with E-state index in [-0.39, 0.29) is 24.2 Å². The Hall–Kier alpha value is -1.94. The lowest BCUT2D eigenvalue weighted by atomic mass is 9.98. The minimum Gasteiger partial charge on any atom is -0.444 e. The Labute approximate surface area is 194 Å². The van der Waals surface area contributed by atoms with Crippen molar-refractivity contribution >= 4 is 23.5 Å². The van der Waals surface area contributed by atoms with Crippen molar-refractivity contribution in [2.24, 2.45) is 0 Å². The topological polar surface area (TPSA) is 88.1 Å². The largest absolute Gasteiger partial charge is 0.444 e. The third-order valence-electron chi connectivity index (χ3n) is 6.29. The number of piperidine rings is 2. The Bertz CT molecular complexity index is 817. The lowest BCUT2D eigenvalue weighted by Gasteiger charge is -2.32. The van der Waals surface area contributed by atoms with Gasteiger partial charge in [-0.25, -0.2) is 9.59 Å². The number of unbranched alkanes of at least 4 members (excludes halogenated alkanes) is 1. The minimum atomic E-state index is -0.481. The van der Waals surface area contributed by atoms with Crippen LogP contribution in [0.1, 0.15) is 88.2 Å². The molecule has 3 fully saturated rings. The fraction of sp³-hybridized carbons (Fsp3) is 0.818. The number of urea groups is 1. The molecule has 3 aliphatic rings. The lowest BCUT2D eigenvalue weighted by molar-refractivity contribution is -0.130. The zero-order valence-corrected chi connectivity index (χ0v) is 20.4. The predicted octanol–water partition coefficient (Wildman–Crippen LogP) is 4.33. The smallest absolute Gasteiger partial charge is 0.410 e. The minimum absolute atomic E-state index is 0.0216. The van der Waals surface area contributed by atoms with Gasteiger partial charge in [0.2, 0.25) is 0 Å². The van der Waals surface area contributed by atoms with Gasteiger partial charge in [0.25, 0.3) is 0 Å². The monoisotopic (exact) mass is 465 g/mol. The number of aromatic nitrogens is 2. The second-order valence-electron chi connectivity index (χ2n) is 9.91. The number of carbonyl (C=O) groups excluding carboxylic acids is 2. The summed E-state index contributed by atoms with van der Waals surface area (Å²) in [5.74, 6) is 0.291. The summed E-state index contributed by atoms with van der Waals surface area (Å²) in [6.45, 7) is 10.4. The van der Waals surface area contributed by atoms with Crippen molar-refractivity contribution in [3.8, 4) is 0 Å². The van der Waals surface area contributed by atoms with Crippen LogP contribution in [0, 0.1) is 0 Å². The van der Waals surface area contributed by atoms with Gasteiger partial charge in [-0.3, -0.25) is 4.84 Å². The fourth-order valence-corrected chi connectivity index (χ4v) is 5.70. The first kappa shape index (κ1) is 23.2. The van der Waals surface area contributed by atoms with Crippen LogP contribution in [0.25, 0.3) is 0 Å². The standard InChI is InChI=1S/C22H35N5O4S/c1-5-6-13-30-27-16-7-8-17(26(14-16)20(27)28)19-24-23-18(32-19)15-9-11-25(12-10-15)21(29)31-22(2,3)4/h15-17H,5-14H2,1-4H3/t16?,17-/m0/s1. The van der Waals surface area contributed by atoms with Crippen LogP contribution in [0.15, 0.2) is 0 Å². The highest BCUT2D eigenvalue weighted by Gasteiger charge is 2.47. The van der Waals surface area contributed by atoms with Gasteiger partial charge in [0.1, 0.15) is 15.6 Å². The second-order valence-corrected chi connectivity index (χ2v) is 11.0. The molecular formula is C22H35N5O4S. The van der Waals surface area contributed by atoms with E-state index in [4.69, 9.17) is 9.57 Å². The molecular weight excluding hydrogens is 430 g/mol. The number of hydrogen-bond acceptors (Lipinski definition) is 7. The third kappa shape index (κ3) is 5.01. The van der Waals surface area contributed by atoms with Gasteiger partial charge in [-0.2, -0.15) is 5.06 Å². The second kappa shape index (κ2) is 9.51. The van der Waals surface area contributed by atoms with Crippen molar-refractivity contribution in [3.63, 3.8) is 0 Å². The molecule has 0 radical (unpaired) electrons. The van der Waals surface area contributed by atoms with Gasteiger partial charge in [0, 0.05) is 25.6 Å². The summed E-state index contributed by atoms with van der Waals surface area (Å²) in [5.41, 5.74) is -0.481. The summed E-state index contributed by atoms with van der Waals surface area (Å²) in [5, 5.41) is 12.5. The van der Waals surface area contributed by atoms with Gasteiger partial charge in [-0.05, 0) is 52.9 Å². The Kier molecular flexibility index (Phi) is 6.90. The molecule has 1 aromatic rings. The first-order valence-electron chi connectivity index (χ1n) is 11.8. The first-order chi connectivity index (χ1) is 15.3. The molecule has 9 nitrogen and oxygen atoms in total. The van der Waals surface area contributed by atoms with E-state index in [0.717, 1.165) is 48.5 Å². The van der Waals surface area contributed by atoms with Crippen LogP contribution in [0.2, 0.25) is 0 Å². The van der Waals surface area contributed by atoms with E-state index >= 15 is 0 Å². The summed E-state index contributed by atoms with van der Waals surface area (Å²) in [6, 6.07) is 0.0721. The molecule has 0 aromatic carbocycles. The zero-order chi connectivity index (χ0) is 22.9. The number of hydroxylamine groups is 2. The molecule has 2 bridgehead atoms. The maximum Gasteiger partial charge on any atom is 0.410 e. The number of amides is 3. The first-order valence-corrected chi connectivity index (χ1v) is 12.6. The van der Waals surface area contributed by atoms with E-state index in [9.17, 15) is 9.59 Å². The number of fused-ring (bicyclic) bond motifs is 2. The van der Waals surface area contributed by atoms with Crippen LogP contribution in [-0.4, -0.2) is 75.1 Å². The molecule has 32 heavy (non-hydrogen) atoms. The maximum absolute atomic E-state index is 12.9. The molecule has 10 heteroatoms. The molecule has 2 atom stereocenters. The van der Waals surface area contributed by atoms with E-state index < -0.39 is 5.60 Å². The third-order valence-corrected chi connectivity index (χ3v) is 7.48. The summed E-state index contributed by atoms with van der Waals surface area (Å²) in [4.78, 5) is 34.7. The van der Waals surface area contributed by atoms with Crippen LogP contribution in [0.4, 0.5) is 9.59 Å². The van der Waals surface area contributed by atoms with Gasteiger partial charge in [-0.1, -0.05) is 24.7 Å². The number of carbonyl (C=O) groups is 2. The van der Waals surface area contributed by atoms with Gasteiger partial charge < -0.3 is 14.5 Å². The highest BCUT2D eigenvalue weighted by Crippen LogP contribution is 2.41. The highest BCUT2D eigenvalue weighted by atomic mass is 32.1. The molecule has 3 saturated heterocycles. The molecule has 178 valence electrons. The van der Waals surface area contributed by atoms with Gasteiger partial charge in [-0.15, -0.1) is 10.2 Å². The predicted molar refractivity (Wildman–Crippen MR) is 120 cm³/mol. The van der Waals surface area contributed by atoms with Crippen LogP contribution < -0.4 is 0 Å². The SMILES string of the molecule is CCCCON1C(=O)N2CC1CC[C@H]2c1nnc(C2CCN(C(=O)OC(C)(C)C)CC2)s1. The number of rotatable bonds is 6. The van der Waals surface area contributed by atoms with Crippen molar-refractivity contribution < 1.29 is 19.2 Å². The lowest BCUT2D eigenvalue weighted by Crippen LogP contribution is -2.41. The normalized spacial score (nSPS) is 24.4. The van der Waals surface area contributed by atoms with E-state index in [2.05, 4.69) is 17.1 Å². The highest BCUT2D eigenvalue weighted by molar-refractivity contribution is 7.11. The van der Waals surface area contributed by atoms with E-state index in [1.54, 1.807) is 21.3 Å². The number of likely N-dealkylation sites (tertiary alicyclic amines) is 1. The molecule has 3 aliphatic heterocycles. The van der Waals surface area contributed by atoms with Crippen molar-refractivity contribution in [1.29, 1.82) is 0 Å². The molecule has 4 heterocycles. The van der Waals surface area contributed by atoms with E-state index in [0.29, 0.717) is 32.2 Å². The van der Waals surface area contributed by atoms with Gasteiger partial charge in [0.15, 0.2) is 0 Å². The summed E-state index contributed by atoms with van der Waals surface area (Å²) < 4.78 is 5.49. The molecule has 4 rings (SSSR count). The molecule has 0 N–H and O–H groups in total. The summed E-state index contributed by atoms with van der Waals surface area (Å²) in [6.07, 6.45) is 5.25. The molecule has 0 aliphatic carbocycles. The Morgan fingerprint density at radius 1 is 1.12 bits per heavy atom. The Balaban J connectivity index is 1.34. The van der Waals surface area contributed by atoms with Crippen molar-refractivity contribution in [3.05, 3.63) is 10.0 Å². The molecule has 1 unspecified atom stereocenters. The Morgan fingerprint density at radius 3 is 2.53 bits per heavy atom. The van der Waals surface area contributed by atoms with Crippen LogP contribution in [0.5, 0.6) is 0 Å². The summed E-state index contributed by atoms with van der Waals surface area (Å²) in [7, 11) is 0. The molecule has 0 spiro atoms. The maximum atomic E-state index is 12.9. The number of ether oxygens (including phenoxy) is 1. The average Bonchev–Trinajstić information content (AvgIpc) is 3.33. The van der Waals surface area contributed by atoms with Crippen LogP contribution in [-0.2, 0) is 9.57 Å².